The number of imidazole rings is 1. The second-order valence-electron chi connectivity index (χ2n) is 6.55. The van der Waals surface area contributed by atoms with Gasteiger partial charge in [-0.3, -0.25) is 4.40 Å². The molecule has 0 bridgehead atoms. The molecule has 0 radical (unpaired) electrons. The number of nitrogens with zero attached hydrogens (tertiary/aromatic N) is 6. The van der Waals surface area contributed by atoms with Gasteiger partial charge in [0.1, 0.15) is 41.0 Å². The summed E-state index contributed by atoms with van der Waals surface area (Å²) in [5.74, 6) is -0.146. The SMILES string of the molecule is Cc1c2c(-c3noc(C4CCCO4)n3)ncn2c2ccc(F)c(C#N)c2[n+]1[O-]. The molecule has 1 atom stereocenters. The molecule has 1 unspecified atom stereocenters. The Bertz CT molecular complexity index is 1280. The van der Waals surface area contributed by atoms with Crippen LogP contribution >= 0.6 is 0 Å². The first-order chi connectivity index (χ1) is 13.6. The number of benzene rings is 1. The summed E-state index contributed by atoms with van der Waals surface area (Å²) in [7, 11) is 0. The van der Waals surface area contributed by atoms with Crippen molar-refractivity contribution in [2.45, 2.75) is 25.9 Å². The van der Waals surface area contributed by atoms with E-state index in [0.29, 0.717) is 34.0 Å². The van der Waals surface area contributed by atoms with E-state index in [-0.39, 0.29) is 28.7 Å². The topological polar surface area (TPSA) is 116 Å². The number of hydrogen-bond donors (Lipinski definition) is 0. The first-order valence-electron chi connectivity index (χ1n) is 8.67. The Kier molecular flexibility index (Phi) is 3.53. The summed E-state index contributed by atoms with van der Waals surface area (Å²) >= 11 is 0. The molecule has 1 aromatic carbocycles. The number of hydrogen-bond acceptors (Lipinski definition) is 7. The van der Waals surface area contributed by atoms with Crippen LogP contribution in [0.1, 0.15) is 36.1 Å². The Morgan fingerprint density at radius 1 is 1.43 bits per heavy atom. The molecule has 0 saturated carbocycles. The number of fused-ring (bicyclic) bond motifs is 3. The molecule has 28 heavy (non-hydrogen) atoms. The zero-order valence-corrected chi connectivity index (χ0v) is 14.7. The van der Waals surface area contributed by atoms with Crippen molar-refractivity contribution in [2.24, 2.45) is 0 Å². The fourth-order valence-electron chi connectivity index (χ4n) is 3.60. The highest BCUT2D eigenvalue weighted by atomic mass is 19.1. The van der Waals surface area contributed by atoms with Gasteiger partial charge in [0.05, 0.1) is 0 Å². The van der Waals surface area contributed by atoms with Gasteiger partial charge >= 0.3 is 0 Å². The van der Waals surface area contributed by atoms with Crippen molar-refractivity contribution in [3.05, 3.63) is 46.6 Å². The summed E-state index contributed by atoms with van der Waals surface area (Å²) < 4.78 is 27.0. The van der Waals surface area contributed by atoms with Crippen LogP contribution < -0.4 is 4.73 Å². The van der Waals surface area contributed by atoms with Crippen LogP contribution in [0.4, 0.5) is 4.39 Å². The molecule has 1 aliphatic heterocycles. The number of aromatic nitrogens is 5. The van der Waals surface area contributed by atoms with Gasteiger partial charge in [-0.2, -0.15) is 15.0 Å². The van der Waals surface area contributed by atoms with Gasteiger partial charge in [0.25, 0.3) is 11.4 Å². The number of rotatable bonds is 2. The summed E-state index contributed by atoms with van der Waals surface area (Å²) in [4.78, 5) is 8.73. The van der Waals surface area contributed by atoms with Crippen LogP contribution in [0, 0.1) is 29.3 Å². The molecule has 0 spiro atoms. The van der Waals surface area contributed by atoms with Crippen molar-refractivity contribution in [1.82, 2.24) is 19.5 Å². The maximum atomic E-state index is 14.0. The van der Waals surface area contributed by atoms with E-state index in [2.05, 4.69) is 15.1 Å². The van der Waals surface area contributed by atoms with Gasteiger partial charge in [0, 0.05) is 13.5 Å². The van der Waals surface area contributed by atoms with Crippen LogP contribution in [-0.2, 0) is 4.74 Å². The molecule has 4 heterocycles. The molecule has 0 aliphatic carbocycles. The van der Waals surface area contributed by atoms with Gasteiger partial charge in [0.15, 0.2) is 5.56 Å². The largest absolute Gasteiger partial charge is 0.618 e. The lowest BCUT2D eigenvalue weighted by atomic mass is 10.1. The quantitative estimate of drug-likeness (QED) is 0.387. The molecule has 1 aliphatic rings. The van der Waals surface area contributed by atoms with E-state index < -0.39 is 5.82 Å². The van der Waals surface area contributed by atoms with E-state index in [9.17, 15) is 14.9 Å². The predicted molar refractivity (Wildman–Crippen MR) is 92.3 cm³/mol. The van der Waals surface area contributed by atoms with E-state index in [4.69, 9.17) is 9.26 Å². The van der Waals surface area contributed by atoms with Crippen LogP contribution in [0.3, 0.4) is 0 Å². The molecule has 140 valence electrons. The van der Waals surface area contributed by atoms with Crippen molar-refractivity contribution in [2.75, 3.05) is 6.61 Å². The molecule has 0 amide bonds. The highest BCUT2D eigenvalue weighted by Crippen LogP contribution is 2.31. The van der Waals surface area contributed by atoms with Crippen LogP contribution in [0.25, 0.3) is 28.1 Å². The number of halogens is 1. The average Bonchev–Trinajstić information content (AvgIpc) is 3.45. The van der Waals surface area contributed by atoms with Gasteiger partial charge in [-0.25, -0.2) is 9.37 Å². The number of nitriles is 1. The van der Waals surface area contributed by atoms with E-state index in [1.54, 1.807) is 17.4 Å². The maximum absolute atomic E-state index is 14.0. The summed E-state index contributed by atoms with van der Waals surface area (Å²) in [5, 5.41) is 26.1. The Hall–Kier alpha value is -3.58. The summed E-state index contributed by atoms with van der Waals surface area (Å²) in [6.45, 7) is 2.22. The van der Waals surface area contributed by atoms with Gasteiger partial charge in [-0.1, -0.05) is 5.16 Å². The van der Waals surface area contributed by atoms with Crippen molar-refractivity contribution in [1.29, 1.82) is 5.26 Å². The molecular weight excluding hydrogens is 367 g/mol. The third-order valence-electron chi connectivity index (χ3n) is 4.95. The van der Waals surface area contributed by atoms with Crippen molar-refractivity contribution in [3.63, 3.8) is 0 Å². The maximum Gasteiger partial charge on any atom is 0.262 e. The molecule has 1 saturated heterocycles. The minimum absolute atomic E-state index is 0.0513. The Morgan fingerprint density at radius 2 is 2.29 bits per heavy atom. The summed E-state index contributed by atoms with van der Waals surface area (Å²) in [6.07, 6.45) is 2.98. The average molecular weight is 380 g/mol. The van der Waals surface area contributed by atoms with Crippen molar-refractivity contribution >= 4 is 16.6 Å². The lowest BCUT2D eigenvalue weighted by molar-refractivity contribution is -0.583. The highest BCUT2D eigenvalue weighted by Gasteiger charge is 2.28. The fraction of sp³-hybridized carbons (Fsp3) is 0.278. The molecule has 9 nitrogen and oxygen atoms in total. The molecule has 5 rings (SSSR count). The van der Waals surface area contributed by atoms with Crippen LogP contribution in [0.5, 0.6) is 0 Å². The second-order valence-corrected chi connectivity index (χ2v) is 6.55. The summed E-state index contributed by atoms with van der Waals surface area (Å²) in [5.41, 5.74) is 1.05. The first kappa shape index (κ1) is 16.6. The van der Waals surface area contributed by atoms with Gasteiger partial charge in [0.2, 0.25) is 11.5 Å². The molecule has 3 aromatic heterocycles. The number of aryl methyl sites for hydroxylation is 1. The minimum atomic E-state index is -0.752. The third-order valence-corrected chi connectivity index (χ3v) is 4.95. The zero-order chi connectivity index (χ0) is 19.4. The van der Waals surface area contributed by atoms with Crippen LogP contribution in [0.2, 0.25) is 0 Å². The Labute approximate surface area is 157 Å². The zero-order valence-electron chi connectivity index (χ0n) is 14.7. The third kappa shape index (κ3) is 2.20. The molecule has 4 aromatic rings. The van der Waals surface area contributed by atoms with E-state index in [1.807, 2.05) is 0 Å². The molecule has 1 fully saturated rings. The predicted octanol–water partition coefficient (Wildman–Crippen LogP) is 2.34. The number of ether oxygens (including phenoxy) is 1. The normalized spacial score (nSPS) is 16.8. The van der Waals surface area contributed by atoms with Gasteiger partial charge in [-0.05, 0) is 25.0 Å². The Balaban J connectivity index is 1.76. The molecule has 0 N–H and O–H groups in total. The smallest absolute Gasteiger partial charge is 0.262 e. The van der Waals surface area contributed by atoms with Crippen molar-refractivity contribution in [3.8, 4) is 17.6 Å². The monoisotopic (exact) mass is 380 g/mol. The molecular formula is C18H13FN6O3. The highest BCUT2D eigenvalue weighted by molar-refractivity contribution is 5.85. The van der Waals surface area contributed by atoms with Gasteiger partial charge in [-0.15, -0.1) is 0 Å². The van der Waals surface area contributed by atoms with E-state index >= 15 is 0 Å². The first-order valence-corrected chi connectivity index (χ1v) is 8.67. The lowest BCUT2D eigenvalue weighted by Gasteiger charge is -2.09. The van der Waals surface area contributed by atoms with E-state index in [1.165, 1.54) is 12.4 Å². The Morgan fingerprint density at radius 3 is 3.04 bits per heavy atom. The van der Waals surface area contributed by atoms with Crippen molar-refractivity contribution < 1.29 is 18.4 Å². The minimum Gasteiger partial charge on any atom is -0.618 e. The fourth-order valence-corrected chi connectivity index (χ4v) is 3.60. The van der Waals surface area contributed by atoms with Crippen LogP contribution in [-0.4, -0.2) is 26.1 Å². The second kappa shape index (κ2) is 5.97. The summed E-state index contributed by atoms with van der Waals surface area (Å²) in [6, 6.07) is 4.35. The molecule has 10 heteroatoms. The van der Waals surface area contributed by atoms with Crippen LogP contribution in [0.15, 0.2) is 23.0 Å². The lowest BCUT2D eigenvalue weighted by Crippen LogP contribution is -2.33. The standard InChI is InChI=1S/C18H13FN6O3/c1-9-15-14(17-22-18(28-23-17)13-3-2-6-27-13)21-8-24(15)12-5-4-11(19)10(7-20)16(12)25(9)26/h4-5,8,13H,2-3,6H2,1H3. The van der Waals surface area contributed by atoms with Gasteiger partial charge < -0.3 is 14.5 Å². The van der Waals surface area contributed by atoms with E-state index in [0.717, 1.165) is 18.9 Å².